The number of carbonyl (C=O) groups excluding carboxylic acids is 1. The van der Waals surface area contributed by atoms with Crippen LogP contribution in [0.2, 0.25) is 0 Å². The van der Waals surface area contributed by atoms with Crippen molar-refractivity contribution < 1.29 is 24.5 Å². The minimum Gasteiger partial charge on any atom is -0.481 e. The second-order valence-electron chi connectivity index (χ2n) is 6.95. The fourth-order valence-electron chi connectivity index (χ4n) is 3.14. The summed E-state index contributed by atoms with van der Waals surface area (Å²) in [5.41, 5.74) is 1.48. The average molecular weight is 397 g/mol. The lowest BCUT2D eigenvalue weighted by atomic mass is 9.90. The summed E-state index contributed by atoms with van der Waals surface area (Å²) in [5, 5.41) is 26.8. The maximum atomic E-state index is 13.0. The number of hydrogen-bond acceptors (Lipinski definition) is 6. The van der Waals surface area contributed by atoms with Gasteiger partial charge >= 0.3 is 5.97 Å². The summed E-state index contributed by atoms with van der Waals surface area (Å²) < 4.78 is 0. The van der Waals surface area contributed by atoms with Gasteiger partial charge in [0, 0.05) is 24.2 Å². The molecule has 2 aromatic carbocycles. The molecule has 0 bridgehead atoms. The topological polar surface area (TPSA) is 131 Å². The number of anilines is 1. The Kier molecular flexibility index (Phi) is 5.31. The fraction of sp³-hybridized carbons (Fsp3) is 0.250. The number of rotatable bonds is 6. The number of carboxylic acids is 1. The zero-order valence-electron chi connectivity index (χ0n) is 15.8. The van der Waals surface area contributed by atoms with Crippen LogP contribution < -0.4 is 5.32 Å². The summed E-state index contributed by atoms with van der Waals surface area (Å²) in [7, 11) is 0. The first kappa shape index (κ1) is 20.0. The van der Waals surface area contributed by atoms with E-state index in [1.165, 1.54) is 24.3 Å². The smallest absolute Gasteiger partial charge is 0.308 e. The summed E-state index contributed by atoms with van der Waals surface area (Å²) >= 11 is 0. The monoisotopic (exact) mass is 397 g/mol. The van der Waals surface area contributed by atoms with Gasteiger partial charge in [0.25, 0.3) is 11.6 Å². The van der Waals surface area contributed by atoms with Crippen molar-refractivity contribution in [2.24, 2.45) is 5.16 Å². The molecule has 0 fully saturated rings. The summed E-state index contributed by atoms with van der Waals surface area (Å²) in [5.74, 6) is -1.83. The van der Waals surface area contributed by atoms with Crippen LogP contribution in [0.5, 0.6) is 0 Å². The van der Waals surface area contributed by atoms with Crippen LogP contribution in [0.4, 0.5) is 11.4 Å². The van der Waals surface area contributed by atoms with Crippen LogP contribution in [0, 0.1) is 24.0 Å². The third-order valence-corrected chi connectivity index (χ3v) is 4.68. The van der Waals surface area contributed by atoms with E-state index in [1.807, 2.05) is 26.0 Å². The first-order valence-corrected chi connectivity index (χ1v) is 8.80. The van der Waals surface area contributed by atoms with E-state index in [2.05, 4.69) is 10.5 Å². The van der Waals surface area contributed by atoms with Crippen molar-refractivity contribution in [2.45, 2.75) is 32.3 Å². The SMILES string of the molecule is Cc1ccc(NC(=O)[C@@]2(CC(=O)O)CC(c3ccc([N+](=O)[O-])cc3)=NO2)c(C)c1. The predicted octanol–water partition coefficient (Wildman–Crippen LogP) is 3.19. The molecule has 150 valence electrons. The number of aliphatic carboxylic acids is 1. The molecule has 2 N–H and O–H groups in total. The molecular formula is C20H19N3O6. The summed E-state index contributed by atoms with van der Waals surface area (Å²) in [4.78, 5) is 40.0. The molecule has 1 aliphatic heterocycles. The molecule has 0 aromatic heterocycles. The van der Waals surface area contributed by atoms with Crippen molar-refractivity contribution in [3.05, 3.63) is 69.3 Å². The van der Waals surface area contributed by atoms with E-state index in [1.54, 1.807) is 6.07 Å². The summed E-state index contributed by atoms with van der Waals surface area (Å²) in [6.07, 6.45) is -0.655. The average Bonchev–Trinajstić information content (AvgIpc) is 3.08. The van der Waals surface area contributed by atoms with E-state index in [4.69, 9.17) is 4.84 Å². The maximum absolute atomic E-state index is 13.0. The van der Waals surface area contributed by atoms with Gasteiger partial charge in [-0.2, -0.15) is 0 Å². The zero-order chi connectivity index (χ0) is 21.2. The van der Waals surface area contributed by atoms with Crippen LogP contribution in [0.1, 0.15) is 29.5 Å². The molecule has 29 heavy (non-hydrogen) atoms. The van der Waals surface area contributed by atoms with Gasteiger partial charge in [-0.05, 0) is 43.2 Å². The lowest BCUT2D eigenvalue weighted by Gasteiger charge is -2.24. The number of nitrogens with one attached hydrogen (secondary N) is 1. The van der Waals surface area contributed by atoms with Gasteiger partial charge in [-0.1, -0.05) is 22.9 Å². The molecule has 0 unspecified atom stereocenters. The highest BCUT2D eigenvalue weighted by molar-refractivity contribution is 6.09. The summed E-state index contributed by atoms with van der Waals surface area (Å²) in [6.45, 7) is 3.76. The minimum atomic E-state index is -1.71. The Hall–Kier alpha value is -3.75. The van der Waals surface area contributed by atoms with Crippen LogP contribution in [0.25, 0.3) is 0 Å². The van der Waals surface area contributed by atoms with Crippen molar-refractivity contribution >= 4 is 29.0 Å². The Bertz CT molecular complexity index is 1020. The Labute approximate surface area is 166 Å². The van der Waals surface area contributed by atoms with Crippen LogP contribution in [-0.2, 0) is 14.4 Å². The molecule has 9 nitrogen and oxygen atoms in total. The summed E-state index contributed by atoms with van der Waals surface area (Å²) in [6, 6.07) is 11.1. The van der Waals surface area contributed by atoms with Crippen molar-refractivity contribution in [3.63, 3.8) is 0 Å². The number of carbonyl (C=O) groups is 2. The molecule has 1 heterocycles. The van der Waals surface area contributed by atoms with Gasteiger partial charge < -0.3 is 15.3 Å². The number of benzene rings is 2. The standard InChI is InChI=1S/C20H19N3O6/c1-12-3-8-16(13(2)9-12)21-19(26)20(11-18(24)25)10-17(22-29-20)14-4-6-15(7-5-14)23(27)28/h3-9H,10-11H2,1-2H3,(H,21,26)(H,24,25)/t20-/m0/s1. The number of amides is 1. The van der Waals surface area contributed by atoms with E-state index in [9.17, 15) is 24.8 Å². The number of nitro groups is 1. The number of aryl methyl sites for hydroxylation is 2. The number of hydrogen-bond donors (Lipinski definition) is 2. The number of oxime groups is 1. The maximum Gasteiger partial charge on any atom is 0.308 e. The molecule has 9 heteroatoms. The molecule has 0 saturated carbocycles. The van der Waals surface area contributed by atoms with Crippen molar-refractivity contribution in [3.8, 4) is 0 Å². The largest absolute Gasteiger partial charge is 0.481 e. The first-order valence-electron chi connectivity index (χ1n) is 8.80. The van der Waals surface area contributed by atoms with Gasteiger partial charge in [-0.15, -0.1) is 0 Å². The molecule has 1 aliphatic rings. The van der Waals surface area contributed by atoms with Gasteiger partial charge in [0.05, 0.1) is 17.1 Å². The lowest BCUT2D eigenvalue weighted by Crippen LogP contribution is -2.45. The predicted molar refractivity (Wildman–Crippen MR) is 105 cm³/mol. The Morgan fingerprint density at radius 1 is 1.24 bits per heavy atom. The molecule has 0 saturated heterocycles. The zero-order valence-corrected chi connectivity index (χ0v) is 15.8. The second kappa shape index (κ2) is 7.70. The minimum absolute atomic E-state index is 0.0755. The highest BCUT2D eigenvalue weighted by Gasteiger charge is 2.49. The van der Waals surface area contributed by atoms with Crippen molar-refractivity contribution in [1.82, 2.24) is 0 Å². The van der Waals surface area contributed by atoms with Gasteiger partial charge in [0.2, 0.25) is 5.60 Å². The van der Waals surface area contributed by atoms with E-state index < -0.39 is 28.8 Å². The van der Waals surface area contributed by atoms with Gasteiger partial charge in [-0.3, -0.25) is 19.7 Å². The molecule has 2 aromatic rings. The molecule has 3 rings (SSSR count). The normalized spacial score (nSPS) is 17.9. The van der Waals surface area contributed by atoms with Gasteiger partial charge in [-0.25, -0.2) is 0 Å². The van der Waals surface area contributed by atoms with E-state index in [0.717, 1.165) is 11.1 Å². The third kappa shape index (κ3) is 4.23. The number of nitro benzene ring substituents is 1. The Morgan fingerprint density at radius 3 is 2.52 bits per heavy atom. The van der Waals surface area contributed by atoms with Gasteiger partial charge in [0.1, 0.15) is 0 Å². The second-order valence-corrected chi connectivity index (χ2v) is 6.95. The van der Waals surface area contributed by atoms with E-state index in [0.29, 0.717) is 17.0 Å². The molecule has 1 atom stereocenters. The molecular weight excluding hydrogens is 378 g/mol. The number of carboxylic acid groups (broad SMARTS) is 1. The van der Waals surface area contributed by atoms with Crippen LogP contribution in [0.15, 0.2) is 47.6 Å². The number of nitrogens with zero attached hydrogens (tertiary/aromatic N) is 2. The lowest BCUT2D eigenvalue weighted by molar-refractivity contribution is -0.384. The quantitative estimate of drug-likeness (QED) is 0.568. The molecule has 0 radical (unpaired) electrons. The third-order valence-electron chi connectivity index (χ3n) is 4.68. The van der Waals surface area contributed by atoms with Crippen molar-refractivity contribution in [2.75, 3.05) is 5.32 Å². The van der Waals surface area contributed by atoms with E-state index in [-0.39, 0.29) is 12.1 Å². The molecule has 0 aliphatic carbocycles. The number of non-ortho nitro benzene ring substituents is 1. The first-order chi connectivity index (χ1) is 13.7. The Morgan fingerprint density at radius 2 is 1.93 bits per heavy atom. The highest BCUT2D eigenvalue weighted by atomic mass is 16.7. The van der Waals surface area contributed by atoms with E-state index >= 15 is 0 Å². The van der Waals surface area contributed by atoms with Crippen molar-refractivity contribution in [1.29, 1.82) is 0 Å². The van der Waals surface area contributed by atoms with Crippen LogP contribution in [-0.4, -0.2) is 33.2 Å². The fourth-order valence-corrected chi connectivity index (χ4v) is 3.14. The molecule has 1 amide bonds. The van der Waals surface area contributed by atoms with Gasteiger partial charge in [0.15, 0.2) is 0 Å². The molecule has 0 spiro atoms. The van der Waals surface area contributed by atoms with Crippen LogP contribution >= 0.6 is 0 Å². The van der Waals surface area contributed by atoms with Crippen LogP contribution in [0.3, 0.4) is 0 Å². The highest BCUT2D eigenvalue weighted by Crippen LogP contribution is 2.32. The Balaban J connectivity index is 1.83.